The summed E-state index contributed by atoms with van der Waals surface area (Å²) in [6.45, 7) is 4.53. The maximum Gasteiger partial charge on any atom is 0.435 e. The van der Waals surface area contributed by atoms with Gasteiger partial charge in [0.05, 0.1) is 0 Å². The van der Waals surface area contributed by atoms with E-state index in [1.165, 1.54) is 89.9 Å². The Kier molecular flexibility index (Phi) is 19.0. The number of hydrogen-bond donors (Lipinski definition) is 1. The molecule has 0 saturated carbocycles. The van der Waals surface area contributed by atoms with Crippen LogP contribution < -0.4 is 0 Å². The van der Waals surface area contributed by atoms with Gasteiger partial charge in [-0.25, -0.2) is 0 Å². The Hall–Kier alpha value is -0.0151. The first-order valence-electron chi connectivity index (χ1n) is 10.1. The average molecular weight is 312 g/mol. The van der Waals surface area contributed by atoms with Crippen LogP contribution in [-0.2, 0) is 4.65 Å². The molecule has 1 N–H and O–H groups in total. The van der Waals surface area contributed by atoms with Crippen molar-refractivity contribution in [1.82, 2.24) is 0 Å². The first kappa shape index (κ1) is 22.0. The van der Waals surface area contributed by atoms with Gasteiger partial charge in [-0.3, -0.25) is 0 Å². The second kappa shape index (κ2) is 19.0. The molecule has 3 heteroatoms. The molecule has 132 valence electrons. The maximum absolute atomic E-state index is 9.01. The van der Waals surface area contributed by atoms with Gasteiger partial charge in [-0.05, 0) is 12.8 Å². The quantitative estimate of drug-likeness (QED) is 0.252. The number of unbranched alkanes of at least 4 members (excludes halogenated alkanes) is 12. The SMILES string of the molecule is CCCCCCCCCC(CCCCCCCCC)OBO. The van der Waals surface area contributed by atoms with Crippen LogP contribution in [0.25, 0.3) is 0 Å². The van der Waals surface area contributed by atoms with E-state index < -0.39 is 0 Å². The van der Waals surface area contributed by atoms with Crippen molar-refractivity contribution >= 4 is 7.69 Å². The third-order valence-corrected chi connectivity index (χ3v) is 4.57. The normalized spacial score (nSPS) is 11.3. The minimum Gasteiger partial charge on any atom is -0.430 e. The molecule has 0 radical (unpaired) electrons. The van der Waals surface area contributed by atoms with Crippen LogP contribution in [0.2, 0.25) is 0 Å². The average Bonchev–Trinajstić information content (AvgIpc) is 2.53. The molecule has 0 aliphatic rings. The fraction of sp³-hybridized carbons (Fsp3) is 1.00. The van der Waals surface area contributed by atoms with Crippen molar-refractivity contribution in [1.29, 1.82) is 0 Å². The Labute approximate surface area is 140 Å². The van der Waals surface area contributed by atoms with Crippen LogP contribution in [-0.4, -0.2) is 18.8 Å². The van der Waals surface area contributed by atoms with E-state index in [1.807, 2.05) is 0 Å². The van der Waals surface area contributed by atoms with Crippen molar-refractivity contribution in [2.45, 2.75) is 123 Å². The number of rotatable bonds is 18. The fourth-order valence-corrected chi connectivity index (χ4v) is 3.07. The Bertz CT molecular complexity index is 182. The summed E-state index contributed by atoms with van der Waals surface area (Å²) in [5.41, 5.74) is 0. The van der Waals surface area contributed by atoms with Gasteiger partial charge in [-0.15, -0.1) is 0 Å². The fourth-order valence-electron chi connectivity index (χ4n) is 3.07. The summed E-state index contributed by atoms with van der Waals surface area (Å²) >= 11 is 0. The molecule has 0 rings (SSSR count). The van der Waals surface area contributed by atoms with Crippen LogP contribution in [0.4, 0.5) is 0 Å². The summed E-state index contributed by atoms with van der Waals surface area (Å²) in [6.07, 6.45) is 21.4. The van der Waals surface area contributed by atoms with Gasteiger partial charge in [0.2, 0.25) is 0 Å². The lowest BCUT2D eigenvalue weighted by molar-refractivity contribution is 0.156. The van der Waals surface area contributed by atoms with Crippen molar-refractivity contribution in [2.75, 3.05) is 0 Å². The summed E-state index contributed by atoms with van der Waals surface area (Å²) in [5, 5.41) is 9.01. The van der Waals surface area contributed by atoms with Crippen LogP contribution in [0.3, 0.4) is 0 Å². The molecule has 22 heavy (non-hydrogen) atoms. The first-order chi connectivity index (χ1) is 10.8. The second-order valence-electron chi connectivity index (χ2n) is 6.74. The van der Waals surface area contributed by atoms with Gasteiger partial charge < -0.3 is 9.68 Å². The standard InChI is InChI=1S/C19H41BO2/c1-3-5-7-9-11-13-15-17-19(22-20-21)18-16-14-12-10-8-6-4-2/h19-21H,3-18H2,1-2H3. The largest absolute Gasteiger partial charge is 0.435 e. The Morgan fingerprint density at radius 1 is 0.636 bits per heavy atom. The minimum atomic E-state index is -0.113. The molecule has 0 aromatic carbocycles. The van der Waals surface area contributed by atoms with Crippen LogP contribution >= 0.6 is 0 Å². The molecule has 0 aromatic rings. The summed E-state index contributed by atoms with van der Waals surface area (Å²) in [6, 6.07) is 0. The summed E-state index contributed by atoms with van der Waals surface area (Å²) in [5.74, 6) is 0. The molecule has 0 amide bonds. The highest BCUT2D eigenvalue weighted by atomic mass is 16.5. The highest BCUT2D eigenvalue weighted by Crippen LogP contribution is 2.16. The molecule has 0 bridgehead atoms. The van der Waals surface area contributed by atoms with Gasteiger partial charge in [0.15, 0.2) is 0 Å². The molecule has 0 saturated heterocycles. The Balaban J connectivity index is 3.44. The molecule has 0 spiro atoms. The summed E-state index contributed by atoms with van der Waals surface area (Å²) in [4.78, 5) is 0. The molecule has 0 aliphatic carbocycles. The predicted molar refractivity (Wildman–Crippen MR) is 99.5 cm³/mol. The van der Waals surface area contributed by atoms with Crippen molar-refractivity contribution in [3.05, 3.63) is 0 Å². The number of hydrogen-bond acceptors (Lipinski definition) is 2. The van der Waals surface area contributed by atoms with Crippen molar-refractivity contribution < 1.29 is 9.68 Å². The van der Waals surface area contributed by atoms with E-state index in [4.69, 9.17) is 9.68 Å². The first-order valence-corrected chi connectivity index (χ1v) is 10.1. The van der Waals surface area contributed by atoms with E-state index in [0.29, 0.717) is 0 Å². The van der Waals surface area contributed by atoms with Gasteiger partial charge in [-0.1, -0.05) is 104 Å². The maximum atomic E-state index is 9.01. The molecule has 2 nitrogen and oxygen atoms in total. The van der Waals surface area contributed by atoms with Gasteiger partial charge in [0.25, 0.3) is 0 Å². The lowest BCUT2D eigenvalue weighted by atomic mass is 10.0. The summed E-state index contributed by atoms with van der Waals surface area (Å²) < 4.78 is 5.49. The van der Waals surface area contributed by atoms with Crippen LogP contribution in [0, 0.1) is 0 Å². The smallest absolute Gasteiger partial charge is 0.430 e. The van der Waals surface area contributed by atoms with Crippen LogP contribution in [0.5, 0.6) is 0 Å². The monoisotopic (exact) mass is 312 g/mol. The molecule has 0 unspecified atom stereocenters. The van der Waals surface area contributed by atoms with E-state index >= 15 is 0 Å². The van der Waals surface area contributed by atoms with E-state index in [0.717, 1.165) is 12.8 Å². The molecular formula is C19H41BO2. The second-order valence-corrected chi connectivity index (χ2v) is 6.74. The lowest BCUT2D eigenvalue weighted by Gasteiger charge is -2.16. The van der Waals surface area contributed by atoms with E-state index in [1.54, 1.807) is 0 Å². The van der Waals surface area contributed by atoms with Crippen molar-refractivity contribution in [2.24, 2.45) is 0 Å². The van der Waals surface area contributed by atoms with Crippen molar-refractivity contribution in [3.63, 3.8) is 0 Å². The van der Waals surface area contributed by atoms with Gasteiger partial charge in [-0.2, -0.15) is 0 Å². The lowest BCUT2D eigenvalue weighted by Crippen LogP contribution is -2.15. The zero-order valence-corrected chi connectivity index (χ0v) is 15.5. The highest BCUT2D eigenvalue weighted by molar-refractivity contribution is 6.15. The molecule has 0 heterocycles. The predicted octanol–water partition coefficient (Wildman–Crippen LogP) is 5.91. The van der Waals surface area contributed by atoms with Gasteiger partial charge >= 0.3 is 7.69 Å². The minimum absolute atomic E-state index is 0.113. The van der Waals surface area contributed by atoms with Gasteiger partial charge in [0.1, 0.15) is 0 Å². The van der Waals surface area contributed by atoms with Crippen molar-refractivity contribution in [3.8, 4) is 0 Å². The third-order valence-electron chi connectivity index (χ3n) is 4.57. The van der Waals surface area contributed by atoms with Gasteiger partial charge in [0, 0.05) is 6.10 Å². The molecule has 0 aromatic heterocycles. The van der Waals surface area contributed by atoms with Crippen LogP contribution in [0.15, 0.2) is 0 Å². The Morgan fingerprint density at radius 3 is 1.36 bits per heavy atom. The topological polar surface area (TPSA) is 29.5 Å². The van der Waals surface area contributed by atoms with Crippen LogP contribution in [0.1, 0.15) is 117 Å². The molecule has 0 fully saturated rings. The van der Waals surface area contributed by atoms with E-state index in [2.05, 4.69) is 13.8 Å². The highest BCUT2D eigenvalue weighted by Gasteiger charge is 2.08. The van der Waals surface area contributed by atoms with E-state index in [9.17, 15) is 0 Å². The third kappa shape index (κ3) is 16.4. The summed E-state index contributed by atoms with van der Waals surface area (Å²) in [7, 11) is -0.113. The Morgan fingerprint density at radius 2 is 1.00 bits per heavy atom. The van der Waals surface area contributed by atoms with E-state index in [-0.39, 0.29) is 13.8 Å². The molecular weight excluding hydrogens is 271 g/mol. The molecule has 0 aliphatic heterocycles. The zero-order chi connectivity index (χ0) is 16.3. The molecule has 0 atom stereocenters. The zero-order valence-electron chi connectivity index (χ0n) is 15.5.